The van der Waals surface area contributed by atoms with Gasteiger partial charge in [0.05, 0.1) is 0 Å². The minimum absolute atomic E-state index is 0.574. The standard InChI is InChI=1S/C61H35N3O2/c1-2-12-37(13-3-1)59-62-60(42-15-10-14-38(31-42)39-21-26-49-47-19-7-6-17-45(47)46-18-8-9-20-48(46)51(49)32-39)64-61(63-59)43-22-27-50-52-33-40(24-28-54(52)66-57(50)35-43)41-25-29-55-53(34-41)58-44-16-5-4-11-36(44)23-30-56(58)65-55/h1-35H. The fraction of sp³-hybridized carbons (Fsp3) is 0. The molecule has 0 fully saturated rings. The van der Waals surface area contributed by atoms with Crippen molar-refractivity contribution < 1.29 is 8.83 Å². The molecule has 14 rings (SSSR count). The maximum absolute atomic E-state index is 6.56. The molecular formula is C61H35N3O2. The normalized spacial score (nSPS) is 11.9. The Balaban J connectivity index is 0.860. The van der Waals surface area contributed by atoms with Gasteiger partial charge in [0.2, 0.25) is 0 Å². The number of aromatic nitrogens is 3. The topological polar surface area (TPSA) is 65.0 Å². The first-order valence-corrected chi connectivity index (χ1v) is 22.2. The molecule has 14 aromatic rings. The summed E-state index contributed by atoms with van der Waals surface area (Å²) in [6.45, 7) is 0. The molecule has 5 nitrogen and oxygen atoms in total. The second-order valence-electron chi connectivity index (χ2n) is 17.1. The van der Waals surface area contributed by atoms with E-state index in [0.29, 0.717) is 17.5 Å². The Hall–Kier alpha value is -8.93. The molecule has 0 saturated heterocycles. The van der Waals surface area contributed by atoms with Crippen LogP contribution < -0.4 is 0 Å². The molecule has 3 heterocycles. The summed E-state index contributed by atoms with van der Waals surface area (Å²) >= 11 is 0. The van der Waals surface area contributed by atoms with Crippen molar-refractivity contribution in [1.82, 2.24) is 15.0 Å². The van der Waals surface area contributed by atoms with E-state index >= 15 is 0 Å². The van der Waals surface area contributed by atoms with E-state index in [1.807, 2.05) is 30.3 Å². The van der Waals surface area contributed by atoms with E-state index in [1.165, 1.54) is 43.1 Å². The monoisotopic (exact) mass is 841 g/mol. The molecule has 0 aliphatic rings. The van der Waals surface area contributed by atoms with E-state index in [-0.39, 0.29) is 0 Å². The number of nitrogens with zero attached hydrogens (tertiary/aromatic N) is 3. The average molecular weight is 842 g/mol. The zero-order valence-corrected chi connectivity index (χ0v) is 35.4. The Kier molecular flexibility index (Phi) is 7.91. The summed E-state index contributed by atoms with van der Waals surface area (Å²) in [5, 5.41) is 14.2. The molecule has 306 valence electrons. The van der Waals surface area contributed by atoms with Crippen molar-refractivity contribution >= 4 is 87.0 Å². The van der Waals surface area contributed by atoms with Crippen molar-refractivity contribution in [3.05, 3.63) is 212 Å². The van der Waals surface area contributed by atoms with Crippen LogP contribution in [0.4, 0.5) is 0 Å². The van der Waals surface area contributed by atoms with Crippen LogP contribution in [-0.4, -0.2) is 15.0 Å². The van der Waals surface area contributed by atoms with Crippen LogP contribution in [0, 0.1) is 0 Å². The lowest BCUT2D eigenvalue weighted by Gasteiger charge is -2.13. The first-order valence-electron chi connectivity index (χ1n) is 22.2. The maximum atomic E-state index is 6.56. The summed E-state index contributed by atoms with van der Waals surface area (Å²) in [4.78, 5) is 15.3. The Morgan fingerprint density at radius 1 is 0.227 bits per heavy atom. The number of hydrogen-bond donors (Lipinski definition) is 0. The van der Waals surface area contributed by atoms with Gasteiger partial charge in [-0.15, -0.1) is 0 Å². The van der Waals surface area contributed by atoms with Crippen LogP contribution in [0.15, 0.2) is 221 Å². The molecule has 66 heavy (non-hydrogen) atoms. The van der Waals surface area contributed by atoms with E-state index < -0.39 is 0 Å². The van der Waals surface area contributed by atoms with Crippen LogP contribution in [0.5, 0.6) is 0 Å². The number of fused-ring (bicyclic) bond motifs is 14. The van der Waals surface area contributed by atoms with Gasteiger partial charge in [-0.1, -0.05) is 158 Å². The van der Waals surface area contributed by atoms with E-state index in [2.05, 4.69) is 182 Å². The van der Waals surface area contributed by atoms with Gasteiger partial charge in [-0.2, -0.15) is 0 Å². The molecule has 0 unspecified atom stereocenters. The van der Waals surface area contributed by atoms with Gasteiger partial charge in [-0.05, 0) is 120 Å². The molecular weight excluding hydrogens is 807 g/mol. The predicted molar refractivity (Wildman–Crippen MR) is 272 cm³/mol. The van der Waals surface area contributed by atoms with E-state index in [1.54, 1.807) is 0 Å². The maximum Gasteiger partial charge on any atom is 0.164 e. The van der Waals surface area contributed by atoms with Crippen molar-refractivity contribution in [1.29, 1.82) is 0 Å². The number of hydrogen-bond acceptors (Lipinski definition) is 5. The fourth-order valence-corrected chi connectivity index (χ4v) is 10.1. The van der Waals surface area contributed by atoms with Crippen molar-refractivity contribution in [3.8, 4) is 56.4 Å². The van der Waals surface area contributed by atoms with Crippen LogP contribution in [0.25, 0.3) is 143 Å². The van der Waals surface area contributed by atoms with Gasteiger partial charge in [0.15, 0.2) is 17.5 Å². The third-order valence-corrected chi connectivity index (χ3v) is 13.3. The highest BCUT2D eigenvalue weighted by molar-refractivity contribution is 6.26. The number of rotatable bonds is 5. The van der Waals surface area contributed by atoms with Crippen molar-refractivity contribution in [2.75, 3.05) is 0 Å². The third-order valence-electron chi connectivity index (χ3n) is 13.3. The SMILES string of the molecule is c1ccc(-c2nc(-c3cccc(-c4ccc5c6ccccc6c6ccccc6c5c4)c3)nc(-c3ccc4c(c3)oc3ccc(-c5ccc6oc7ccc8ccccc8c7c6c5)cc34)n2)cc1. The minimum Gasteiger partial charge on any atom is -0.456 e. The van der Waals surface area contributed by atoms with Gasteiger partial charge >= 0.3 is 0 Å². The molecule has 0 bridgehead atoms. The molecule has 5 heteroatoms. The molecule has 0 saturated carbocycles. The van der Waals surface area contributed by atoms with Crippen molar-refractivity contribution in [2.24, 2.45) is 0 Å². The van der Waals surface area contributed by atoms with Gasteiger partial charge in [-0.3, -0.25) is 0 Å². The quantitative estimate of drug-likeness (QED) is 0.162. The highest BCUT2D eigenvalue weighted by Crippen LogP contribution is 2.41. The molecule has 0 spiro atoms. The highest BCUT2D eigenvalue weighted by Gasteiger charge is 2.18. The Morgan fingerprint density at radius 3 is 1.41 bits per heavy atom. The van der Waals surface area contributed by atoms with Crippen molar-refractivity contribution in [2.45, 2.75) is 0 Å². The zero-order valence-electron chi connectivity index (χ0n) is 35.4. The molecule has 0 N–H and O–H groups in total. The van der Waals surface area contributed by atoms with E-state index in [0.717, 1.165) is 82.8 Å². The van der Waals surface area contributed by atoms with Crippen LogP contribution in [0.3, 0.4) is 0 Å². The molecule has 0 radical (unpaired) electrons. The van der Waals surface area contributed by atoms with E-state index in [9.17, 15) is 0 Å². The Labute approximate surface area is 377 Å². The van der Waals surface area contributed by atoms with Crippen LogP contribution in [-0.2, 0) is 0 Å². The number of furan rings is 2. The minimum atomic E-state index is 0.574. The Morgan fingerprint density at radius 2 is 0.682 bits per heavy atom. The second kappa shape index (κ2) is 14.3. The lowest BCUT2D eigenvalue weighted by Crippen LogP contribution is -2.00. The van der Waals surface area contributed by atoms with Gasteiger partial charge in [0.25, 0.3) is 0 Å². The third kappa shape index (κ3) is 5.77. The fourth-order valence-electron chi connectivity index (χ4n) is 10.1. The van der Waals surface area contributed by atoms with Gasteiger partial charge in [0.1, 0.15) is 22.3 Å². The second-order valence-corrected chi connectivity index (χ2v) is 17.1. The molecule has 11 aromatic carbocycles. The van der Waals surface area contributed by atoms with E-state index in [4.69, 9.17) is 23.8 Å². The Bertz CT molecular complexity index is 4260. The zero-order chi connectivity index (χ0) is 43.3. The first kappa shape index (κ1) is 36.5. The van der Waals surface area contributed by atoms with Crippen LogP contribution in [0.1, 0.15) is 0 Å². The summed E-state index contributed by atoms with van der Waals surface area (Å²) < 4.78 is 12.9. The summed E-state index contributed by atoms with van der Waals surface area (Å²) in [7, 11) is 0. The molecule has 0 aliphatic heterocycles. The molecule has 0 aliphatic carbocycles. The average Bonchev–Trinajstić information content (AvgIpc) is 3.96. The summed E-state index contributed by atoms with van der Waals surface area (Å²) in [5.41, 5.74) is 10.5. The molecule has 0 amide bonds. The predicted octanol–water partition coefficient (Wildman–Crippen LogP) is 16.6. The first-order chi connectivity index (χ1) is 32.7. The van der Waals surface area contributed by atoms with Gasteiger partial charge in [-0.25, -0.2) is 15.0 Å². The summed E-state index contributed by atoms with van der Waals surface area (Å²) in [6, 6.07) is 74.7. The number of benzene rings is 11. The van der Waals surface area contributed by atoms with Gasteiger partial charge < -0.3 is 8.83 Å². The summed E-state index contributed by atoms with van der Waals surface area (Å²) in [6.07, 6.45) is 0. The lowest BCUT2D eigenvalue weighted by molar-refractivity contribution is 0.668. The molecule has 0 atom stereocenters. The largest absolute Gasteiger partial charge is 0.456 e. The van der Waals surface area contributed by atoms with Crippen molar-refractivity contribution in [3.63, 3.8) is 0 Å². The van der Waals surface area contributed by atoms with Crippen LogP contribution >= 0.6 is 0 Å². The summed E-state index contributed by atoms with van der Waals surface area (Å²) in [5.74, 6) is 1.78. The smallest absolute Gasteiger partial charge is 0.164 e. The van der Waals surface area contributed by atoms with Gasteiger partial charge in [0, 0.05) is 38.2 Å². The molecule has 3 aromatic heterocycles. The van der Waals surface area contributed by atoms with Crippen LogP contribution in [0.2, 0.25) is 0 Å². The highest BCUT2D eigenvalue weighted by atomic mass is 16.3. The lowest BCUT2D eigenvalue weighted by atomic mass is 9.92.